The number of carbonyl (C=O) groups is 1. The number of nitrogens with two attached hydrogens (primary N) is 1. The number of nitrogens with zero attached hydrogens (tertiary/aromatic N) is 1. The van der Waals surface area contributed by atoms with Crippen molar-refractivity contribution in [2.75, 3.05) is 5.73 Å². The fourth-order valence-electron chi connectivity index (χ4n) is 0.760. The Morgan fingerprint density at radius 3 is 3.00 bits per heavy atom. The first-order valence-electron chi connectivity index (χ1n) is 3.41. The van der Waals surface area contributed by atoms with E-state index in [-0.39, 0.29) is 0 Å². The summed E-state index contributed by atoms with van der Waals surface area (Å²) in [5.74, 6) is -1.01. The summed E-state index contributed by atoms with van der Waals surface area (Å²) in [4.78, 5) is 14.1. The fourth-order valence-corrected chi connectivity index (χ4v) is 1.11. The molecule has 1 rings (SSSR count). The molecule has 13 heavy (non-hydrogen) atoms. The molecule has 0 amide bonds. The van der Waals surface area contributed by atoms with Crippen LogP contribution in [-0.4, -0.2) is 16.1 Å². The molecule has 0 radical (unpaired) electrons. The van der Waals surface area contributed by atoms with E-state index in [2.05, 4.69) is 20.9 Å². The number of rotatable bonds is 2. The van der Waals surface area contributed by atoms with Crippen LogP contribution in [0.1, 0.15) is 5.56 Å². The second-order valence-electron chi connectivity index (χ2n) is 2.31. The Morgan fingerprint density at radius 1 is 1.69 bits per heavy atom. The van der Waals surface area contributed by atoms with Gasteiger partial charge in [-0.3, -0.25) is 0 Å². The number of hydrogen-bond acceptors (Lipinski definition) is 3. The lowest BCUT2D eigenvalue weighted by Gasteiger charge is -1.98. The minimum Gasteiger partial charge on any atom is -0.478 e. The molecule has 0 aliphatic carbocycles. The van der Waals surface area contributed by atoms with Crippen molar-refractivity contribution in [3.63, 3.8) is 0 Å². The maximum absolute atomic E-state index is 10.2. The Labute approximate surface area is 83.2 Å². The highest BCUT2D eigenvalue weighted by molar-refractivity contribution is 9.10. The summed E-state index contributed by atoms with van der Waals surface area (Å²) >= 11 is 3.16. The Kier molecular flexibility index (Phi) is 3.02. The predicted octanol–water partition coefficient (Wildman–Crippen LogP) is 1.52. The number of pyridine rings is 1. The second kappa shape index (κ2) is 4.04. The van der Waals surface area contributed by atoms with Crippen molar-refractivity contribution < 1.29 is 9.90 Å². The van der Waals surface area contributed by atoms with Gasteiger partial charge in [-0.15, -0.1) is 0 Å². The van der Waals surface area contributed by atoms with Gasteiger partial charge in [0.2, 0.25) is 0 Å². The van der Waals surface area contributed by atoms with Crippen LogP contribution >= 0.6 is 15.9 Å². The van der Waals surface area contributed by atoms with Crippen LogP contribution < -0.4 is 5.73 Å². The van der Waals surface area contributed by atoms with E-state index in [0.717, 1.165) is 6.08 Å². The molecule has 0 aliphatic rings. The lowest BCUT2D eigenvalue weighted by Crippen LogP contribution is -1.92. The zero-order valence-corrected chi connectivity index (χ0v) is 8.15. The van der Waals surface area contributed by atoms with Gasteiger partial charge in [0.1, 0.15) is 4.60 Å². The van der Waals surface area contributed by atoms with Gasteiger partial charge in [0, 0.05) is 11.6 Å². The molecule has 0 atom stereocenters. The fraction of sp³-hybridized carbons (Fsp3) is 0. The third-order valence-electron chi connectivity index (χ3n) is 1.34. The van der Waals surface area contributed by atoms with Gasteiger partial charge in [0.05, 0.1) is 11.9 Å². The Balaban J connectivity index is 3.00. The average molecular weight is 243 g/mol. The van der Waals surface area contributed by atoms with Crippen LogP contribution in [-0.2, 0) is 4.79 Å². The van der Waals surface area contributed by atoms with Gasteiger partial charge >= 0.3 is 5.97 Å². The van der Waals surface area contributed by atoms with E-state index < -0.39 is 5.97 Å². The average Bonchev–Trinajstić information content (AvgIpc) is 2.06. The number of hydrogen-bond donors (Lipinski definition) is 2. The molecule has 1 aromatic rings. The summed E-state index contributed by atoms with van der Waals surface area (Å²) < 4.78 is 0.617. The highest BCUT2D eigenvalue weighted by Gasteiger charge is 1.97. The highest BCUT2D eigenvalue weighted by Crippen LogP contribution is 2.16. The molecule has 5 heteroatoms. The molecule has 3 N–H and O–H groups in total. The van der Waals surface area contributed by atoms with Crippen LogP contribution in [0.2, 0.25) is 0 Å². The minimum atomic E-state index is -1.01. The largest absolute Gasteiger partial charge is 0.478 e. The van der Waals surface area contributed by atoms with Crippen LogP contribution in [0.15, 0.2) is 22.9 Å². The quantitative estimate of drug-likeness (QED) is 0.609. The molecular weight excluding hydrogens is 236 g/mol. The third-order valence-corrected chi connectivity index (χ3v) is 1.77. The van der Waals surface area contributed by atoms with Crippen LogP contribution in [0.5, 0.6) is 0 Å². The predicted molar refractivity (Wildman–Crippen MR) is 53.0 cm³/mol. The molecule has 0 saturated heterocycles. The molecule has 0 aromatic carbocycles. The van der Waals surface area contributed by atoms with Gasteiger partial charge in [-0.2, -0.15) is 0 Å². The van der Waals surface area contributed by atoms with Crippen molar-refractivity contribution in [3.05, 3.63) is 28.5 Å². The smallest absolute Gasteiger partial charge is 0.328 e. The van der Waals surface area contributed by atoms with Crippen molar-refractivity contribution >= 4 is 33.7 Å². The van der Waals surface area contributed by atoms with Gasteiger partial charge in [-0.05, 0) is 28.1 Å². The van der Waals surface area contributed by atoms with Crippen molar-refractivity contribution in [1.29, 1.82) is 0 Å². The monoisotopic (exact) mass is 242 g/mol. The minimum absolute atomic E-state index is 0.445. The summed E-state index contributed by atoms with van der Waals surface area (Å²) in [6.45, 7) is 0. The van der Waals surface area contributed by atoms with E-state index in [0.29, 0.717) is 15.9 Å². The first-order valence-corrected chi connectivity index (χ1v) is 4.21. The molecule has 68 valence electrons. The maximum atomic E-state index is 10.2. The molecular formula is C8H7BrN2O2. The number of anilines is 1. The summed E-state index contributed by atoms with van der Waals surface area (Å²) in [5.41, 5.74) is 6.62. The number of halogens is 1. The van der Waals surface area contributed by atoms with Crippen molar-refractivity contribution in [2.24, 2.45) is 0 Å². The standard InChI is InChI=1S/C8H7BrN2O2/c9-7-3-5(1-2-8(12)13)6(10)4-11-7/h1-4H,10H2,(H,12,13). The van der Waals surface area contributed by atoms with Gasteiger partial charge < -0.3 is 10.8 Å². The van der Waals surface area contributed by atoms with Crippen LogP contribution in [0.25, 0.3) is 6.08 Å². The van der Waals surface area contributed by atoms with Crippen LogP contribution in [0.4, 0.5) is 5.69 Å². The first kappa shape index (κ1) is 9.73. The molecule has 0 unspecified atom stereocenters. The van der Waals surface area contributed by atoms with Crippen molar-refractivity contribution in [2.45, 2.75) is 0 Å². The Hall–Kier alpha value is -1.36. The van der Waals surface area contributed by atoms with E-state index in [9.17, 15) is 4.79 Å². The molecule has 0 spiro atoms. The lowest BCUT2D eigenvalue weighted by atomic mass is 10.2. The van der Waals surface area contributed by atoms with E-state index in [1.54, 1.807) is 6.07 Å². The van der Waals surface area contributed by atoms with Gasteiger partial charge in [0.15, 0.2) is 0 Å². The number of aliphatic carboxylic acids is 1. The van der Waals surface area contributed by atoms with E-state index in [1.165, 1.54) is 12.3 Å². The molecule has 1 aromatic heterocycles. The first-order chi connectivity index (χ1) is 6.09. The summed E-state index contributed by atoms with van der Waals surface area (Å²) in [5, 5.41) is 8.38. The molecule has 4 nitrogen and oxygen atoms in total. The van der Waals surface area contributed by atoms with Gasteiger partial charge in [-0.25, -0.2) is 9.78 Å². The number of nitrogen functional groups attached to an aromatic ring is 1. The summed E-state index contributed by atoms with van der Waals surface area (Å²) in [7, 11) is 0. The van der Waals surface area contributed by atoms with Crippen LogP contribution in [0, 0.1) is 0 Å². The molecule has 0 fully saturated rings. The van der Waals surface area contributed by atoms with E-state index in [4.69, 9.17) is 10.8 Å². The molecule has 0 bridgehead atoms. The highest BCUT2D eigenvalue weighted by atomic mass is 79.9. The lowest BCUT2D eigenvalue weighted by molar-refractivity contribution is -0.131. The van der Waals surface area contributed by atoms with Gasteiger partial charge in [-0.1, -0.05) is 0 Å². The van der Waals surface area contributed by atoms with E-state index in [1.807, 2.05) is 0 Å². The van der Waals surface area contributed by atoms with Gasteiger partial charge in [0.25, 0.3) is 0 Å². The Morgan fingerprint density at radius 2 is 2.38 bits per heavy atom. The zero-order chi connectivity index (χ0) is 9.84. The maximum Gasteiger partial charge on any atom is 0.328 e. The molecule has 1 heterocycles. The number of carboxylic acid groups (broad SMARTS) is 1. The topological polar surface area (TPSA) is 76.2 Å². The third kappa shape index (κ3) is 2.87. The zero-order valence-electron chi connectivity index (χ0n) is 6.57. The number of carboxylic acids is 1. The number of aromatic nitrogens is 1. The SMILES string of the molecule is Nc1cnc(Br)cc1C=CC(=O)O. The van der Waals surface area contributed by atoms with Crippen molar-refractivity contribution in [3.8, 4) is 0 Å². The second-order valence-corrected chi connectivity index (χ2v) is 3.12. The normalized spacial score (nSPS) is 10.5. The van der Waals surface area contributed by atoms with Crippen LogP contribution in [0.3, 0.4) is 0 Å². The molecule has 0 saturated carbocycles. The Bertz CT molecular complexity index is 363. The van der Waals surface area contributed by atoms with E-state index >= 15 is 0 Å². The summed E-state index contributed by atoms with van der Waals surface area (Å²) in [6.07, 6.45) is 3.91. The summed E-state index contributed by atoms with van der Waals surface area (Å²) in [6, 6.07) is 1.65. The molecule has 0 aliphatic heterocycles. The van der Waals surface area contributed by atoms with Crippen molar-refractivity contribution in [1.82, 2.24) is 4.98 Å².